The molecule has 0 aromatic carbocycles. The van der Waals surface area contributed by atoms with Crippen LogP contribution in [0.5, 0.6) is 0 Å². The van der Waals surface area contributed by atoms with Crippen molar-refractivity contribution in [2.75, 3.05) is 0 Å². The van der Waals surface area contributed by atoms with Crippen LogP contribution in [0.15, 0.2) is 0 Å². The number of aliphatic hydroxyl groups is 1. The Morgan fingerprint density at radius 2 is 1.76 bits per heavy atom. The van der Waals surface area contributed by atoms with E-state index < -0.39 is 35.4 Å². The van der Waals surface area contributed by atoms with Gasteiger partial charge >= 0.3 is 12.1 Å². The fraction of sp³-hybridized carbons (Fsp3) is 0.952. The first kappa shape index (κ1) is 21.4. The van der Waals surface area contributed by atoms with Crippen LogP contribution >= 0.6 is 0 Å². The molecule has 5 nitrogen and oxygen atoms in total. The number of hydrogen-bond acceptors (Lipinski definition) is 5. The van der Waals surface area contributed by atoms with Gasteiger partial charge in [0.2, 0.25) is 0 Å². The van der Waals surface area contributed by atoms with Crippen molar-refractivity contribution in [3.63, 3.8) is 0 Å². The molecule has 4 bridgehead atoms. The number of ether oxygens (including phenoxy) is 3. The van der Waals surface area contributed by atoms with E-state index >= 15 is 0 Å². The molecule has 8 heteroatoms. The van der Waals surface area contributed by atoms with Crippen LogP contribution in [0.2, 0.25) is 0 Å². The van der Waals surface area contributed by atoms with E-state index in [-0.39, 0.29) is 23.7 Å². The molecular formula is C21H31F3O5. The van der Waals surface area contributed by atoms with Gasteiger partial charge in [0.05, 0.1) is 11.5 Å². The van der Waals surface area contributed by atoms with Gasteiger partial charge in [0.15, 0.2) is 5.79 Å². The van der Waals surface area contributed by atoms with Gasteiger partial charge in [-0.05, 0) is 70.1 Å². The van der Waals surface area contributed by atoms with Crippen LogP contribution in [0.4, 0.5) is 13.2 Å². The van der Waals surface area contributed by atoms with E-state index in [9.17, 15) is 23.1 Å². The number of carbonyl (C=O) groups is 1. The summed E-state index contributed by atoms with van der Waals surface area (Å²) in [5.41, 5.74) is -1.75. The summed E-state index contributed by atoms with van der Waals surface area (Å²) in [4.78, 5) is 12.5. The van der Waals surface area contributed by atoms with Gasteiger partial charge in [-0.2, -0.15) is 13.2 Å². The lowest BCUT2D eigenvalue weighted by Crippen LogP contribution is -2.73. The van der Waals surface area contributed by atoms with Gasteiger partial charge in [-0.1, -0.05) is 13.8 Å². The zero-order valence-corrected chi connectivity index (χ0v) is 17.5. The average Bonchev–Trinajstić information content (AvgIpc) is 2.55. The average molecular weight is 420 g/mol. The molecule has 4 saturated carbocycles. The second-order valence-corrected chi connectivity index (χ2v) is 10.3. The molecule has 1 aliphatic heterocycles. The van der Waals surface area contributed by atoms with Crippen LogP contribution in [0.25, 0.3) is 0 Å². The van der Waals surface area contributed by atoms with Gasteiger partial charge in [-0.25, -0.2) is 0 Å². The van der Waals surface area contributed by atoms with Crippen molar-refractivity contribution in [1.29, 1.82) is 0 Å². The van der Waals surface area contributed by atoms with Gasteiger partial charge in [0.25, 0.3) is 5.79 Å². The van der Waals surface area contributed by atoms with Gasteiger partial charge < -0.3 is 19.3 Å². The van der Waals surface area contributed by atoms with Crippen LogP contribution in [0.1, 0.15) is 72.6 Å². The van der Waals surface area contributed by atoms with Crippen LogP contribution in [0, 0.1) is 23.7 Å². The van der Waals surface area contributed by atoms with Crippen molar-refractivity contribution >= 4 is 5.97 Å². The maximum absolute atomic E-state index is 13.7. The van der Waals surface area contributed by atoms with Crippen molar-refractivity contribution in [3.8, 4) is 0 Å². The Bertz CT molecular complexity index is 674. The zero-order chi connectivity index (χ0) is 21.5. The van der Waals surface area contributed by atoms with Crippen molar-refractivity contribution in [1.82, 2.24) is 0 Å². The summed E-state index contributed by atoms with van der Waals surface area (Å²) in [6.07, 6.45) is -1.70. The Morgan fingerprint density at radius 3 is 2.28 bits per heavy atom. The molecule has 5 fully saturated rings. The van der Waals surface area contributed by atoms with Crippen LogP contribution < -0.4 is 0 Å². The van der Waals surface area contributed by atoms with Crippen molar-refractivity contribution < 1.29 is 37.3 Å². The molecule has 1 N–H and O–H groups in total. The highest BCUT2D eigenvalue weighted by Gasteiger charge is 2.73. The standard InChI is InChI=1S/C21H31F3O5/c1-5-12(2)16(25)27-18-8-13-6-14(9-18)19(15(7-13)10-18)11-20(26,21(22,23)24)29-17(3,4)28-19/h12-15,26H,5-11H2,1-4H3. The molecule has 4 unspecified atom stereocenters. The Kier molecular flexibility index (Phi) is 4.66. The molecule has 166 valence electrons. The molecule has 1 spiro atoms. The molecule has 1 saturated heterocycles. The number of alkyl halides is 3. The van der Waals surface area contributed by atoms with Gasteiger partial charge in [0.1, 0.15) is 5.60 Å². The highest BCUT2D eigenvalue weighted by molar-refractivity contribution is 5.72. The fourth-order valence-electron chi connectivity index (χ4n) is 6.54. The molecule has 5 rings (SSSR count). The van der Waals surface area contributed by atoms with Crippen molar-refractivity contribution in [2.45, 2.75) is 102 Å². The summed E-state index contributed by atoms with van der Waals surface area (Å²) >= 11 is 0. The molecule has 29 heavy (non-hydrogen) atoms. The molecule has 0 aromatic heterocycles. The predicted octanol–water partition coefficient (Wildman–Crippen LogP) is 4.32. The minimum Gasteiger partial charge on any atom is -0.459 e. The molecule has 0 amide bonds. The van der Waals surface area contributed by atoms with E-state index in [0.29, 0.717) is 25.2 Å². The fourth-order valence-corrected chi connectivity index (χ4v) is 6.54. The topological polar surface area (TPSA) is 65.0 Å². The third-order valence-electron chi connectivity index (χ3n) is 7.66. The van der Waals surface area contributed by atoms with Crippen molar-refractivity contribution in [3.05, 3.63) is 0 Å². The summed E-state index contributed by atoms with van der Waals surface area (Å²) in [6, 6.07) is 0. The summed E-state index contributed by atoms with van der Waals surface area (Å²) in [5, 5.41) is 10.5. The van der Waals surface area contributed by atoms with Crippen LogP contribution in [-0.2, 0) is 19.0 Å². The highest BCUT2D eigenvalue weighted by Crippen LogP contribution is 2.66. The molecule has 5 aliphatic rings. The second kappa shape index (κ2) is 6.33. The lowest BCUT2D eigenvalue weighted by atomic mass is 9.46. The summed E-state index contributed by atoms with van der Waals surface area (Å²) in [7, 11) is 0. The molecule has 0 aromatic rings. The maximum atomic E-state index is 13.7. The quantitative estimate of drug-likeness (QED) is 0.689. The Morgan fingerprint density at radius 1 is 1.17 bits per heavy atom. The van der Waals surface area contributed by atoms with Gasteiger partial charge in [-0.3, -0.25) is 4.79 Å². The van der Waals surface area contributed by atoms with E-state index in [1.165, 1.54) is 13.8 Å². The number of halogens is 3. The third kappa shape index (κ3) is 3.30. The lowest BCUT2D eigenvalue weighted by Gasteiger charge is -2.67. The molecule has 4 atom stereocenters. The first-order chi connectivity index (χ1) is 13.2. The van der Waals surface area contributed by atoms with E-state index in [1.807, 2.05) is 13.8 Å². The largest absolute Gasteiger partial charge is 0.459 e. The summed E-state index contributed by atoms with van der Waals surface area (Å²) in [5.74, 6) is -5.38. The predicted molar refractivity (Wildman–Crippen MR) is 96.4 cm³/mol. The number of hydrogen-bond donors (Lipinski definition) is 1. The van der Waals surface area contributed by atoms with Gasteiger partial charge in [-0.15, -0.1) is 0 Å². The molecular weight excluding hydrogens is 389 g/mol. The molecule has 1 heterocycles. The van der Waals surface area contributed by atoms with E-state index in [4.69, 9.17) is 14.2 Å². The number of esters is 1. The minimum absolute atomic E-state index is 0.203. The Hall–Kier alpha value is -0.860. The first-order valence-electron chi connectivity index (χ1n) is 10.7. The lowest BCUT2D eigenvalue weighted by molar-refractivity contribution is -0.494. The van der Waals surface area contributed by atoms with E-state index in [1.54, 1.807) is 0 Å². The zero-order valence-electron chi connectivity index (χ0n) is 17.5. The van der Waals surface area contributed by atoms with Gasteiger partial charge in [0, 0.05) is 6.42 Å². The Labute approximate surface area is 169 Å². The molecule has 0 radical (unpaired) electrons. The smallest absolute Gasteiger partial charge is 0.443 e. The first-order valence-corrected chi connectivity index (χ1v) is 10.7. The van der Waals surface area contributed by atoms with Crippen LogP contribution in [0.3, 0.4) is 0 Å². The number of carbonyl (C=O) groups excluding carboxylic acids is 1. The second-order valence-electron chi connectivity index (χ2n) is 10.3. The number of rotatable bonds is 3. The normalized spacial score (nSPS) is 46.7. The van der Waals surface area contributed by atoms with Crippen LogP contribution in [-0.4, -0.2) is 40.0 Å². The third-order valence-corrected chi connectivity index (χ3v) is 7.66. The monoisotopic (exact) mass is 420 g/mol. The Balaban J connectivity index is 1.66. The maximum Gasteiger partial charge on any atom is 0.443 e. The SMILES string of the molecule is CCC(C)C(=O)OC12CC3CC(C1)C1(CC(O)(C(F)(F)F)OC(C)(C)O1)C(C3)C2. The van der Waals surface area contributed by atoms with E-state index in [2.05, 4.69) is 0 Å². The molecule has 4 aliphatic carbocycles. The minimum atomic E-state index is -4.92. The van der Waals surface area contributed by atoms with Crippen molar-refractivity contribution in [2.24, 2.45) is 23.7 Å². The van der Waals surface area contributed by atoms with E-state index in [0.717, 1.165) is 19.3 Å². The summed E-state index contributed by atoms with van der Waals surface area (Å²) < 4.78 is 58.5. The highest BCUT2D eigenvalue weighted by atomic mass is 19.4. The summed E-state index contributed by atoms with van der Waals surface area (Å²) in [6.45, 7) is 6.61.